The minimum Gasteiger partial charge on any atom is -0.477 e. The van der Waals surface area contributed by atoms with Gasteiger partial charge in [0.05, 0.1) is 12.1 Å². The van der Waals surface area contributed by atoms with E-state index in [-0.39, 0.29) is 16.4 Å². The Kier molecular flexibility index (Phi) is 3.28. The molecule has 8 heteroatoms. The molecular weight excluding hydrogens is 314 g/mol. The summed E-state index contributed by atoms with van der Waals surface area (Å²) >= 11 is 0.932. The van der Waals surface area contributed by atoms with Gasteiger partial charge in [-0.15, -0.1) is 11.3 Å². The van der Waals surface area contributed by atoms with Crippen LogP contribution in [0.1, 0.15) is 22.5 Å². The second-order valence-corrected chi connectivity index (χ2v) is 7.78. The molecule has 0 amide bonds. The fourth-order valence-corrected chi connectivity index (χ4v) is 5.40. The zero-order valence-electron chi connectivity index (χ0n) is 10.9. The Labute approximate surface area is 125 Å². The Balaban J connectivity index is 2.18. The number of aliphatic hydroxyl groups excluding tert-OH is 1. The predicted octanol–water partition coefficient (Wildman–Crippen LogP) is 1.40. The van der Waals surface area contributed by atoms with Crippen LogP contribution in [0.4, 0.5) is 0 Å². The van der Waals surface area contributed by atoms with Gasteiger partial charge in [0.1, 0.15) is 9.77 Å². The summed E-state index contributed by atoms with van der Waals surface area (Å²) in [4.78, 5) is 10.9. The molecule has 112 valence electrons. The molecule has 21 heavy (non-hydrogen) atoms. The van der Waals surface area contributed by atoms with Crippen LogP contribution in [0, 0.1) is 0 Å². The molecule has 0 bridgehead atoms. The van der Waals surface area contributed by atoms with Crippen molar-refractivity contribution in [1.29, 1.82) is 0 Å². The van der Waals surface area contributed by atoms with E-state index in [1.807, 2.05) is 0 Å². The highest BCUT2D eigenvalue weighted by atomic mass is 32.2. The molecule has 0 aliphatic heterocycles. The fourth-order valence-electron chi connectivity index (χ4n) is 2.21. The van der Waals surface area contributed by atoms with Crippen LogP contribution >= 0.6 is 11.3 Å². The van der Waals surface area contributed by atoms with Crippen LogP contribution in [0.15, 0.2) is 29.2 Å². The molecule has 1 aliphatic carbocycles. The topological polar surface area (TPSA) is 104 Å². The van der Waals surface area contributed by atoms with Gasteiger partial charge in [-0.2, -0.15) is 0 Å². The number of nitrogens with one attached hydrogen (secondary N) is 1. The number of fused-ring (bicyclic) bond motifs is 1. The fraction of sp³-hybridized carbons (Fsp3) is 0.308. The maximum absolute atomic E-state index is 12.6. The lowest BCUT2D eigenvalue weighted by Crippen LogP contribution is -2.39. The van der Waals surface area contributed by atoms with Gasteiger partial charge in [-0.05, 0) is 18.9 Å². The third-order valence-electron chi connectivity index (χ3n) is 3.52. The van der Waals surface area contributed by atoms with E-state index in [0.29, 0.717) is 22.9 Å². The van der Waals surface area contributed by atoms with Gasteiger partial charge in [0, 0.05) is 10.1 Å². The zero-order chi connectivity index (χ0) is 15.3. The summed E-state index contributed by atoms with van der Waals surface area (Å²) in [7, 11) is -4.01. The molecule has 1 heterocycles. The van der Waals surface area contributed by atoms with Gasteiger partial charge in [-0.3, -0.25) is 0 Å². The highest BCUT2D eigenvalue weighted by molar-refractivity contribution is 7.90. The Hall–Kier alpha value is -1.48. The van der Waals surface area contributed by atoms with Crippen LogP contribution in [0.2, 0.25) is 0 Å². The number of sulfonamides is 1. The first-order chi connectivity index (χ1) is 9.88. The maximum atomic E-state index is 12.6. The molecule has 0 unspecified atom stereocenters. The number of rotatable bonds is 5. The van der Waals surface area contributed by atoms with Crippen molar-refractivity contribution in [1.82, 2.24) is 4.72 Å². The van der Waals surface area contributed by atoms with Crippen molar-refractivity contribution in [2.45, 2.75) is 23.3 Å². The molecule has 2 aromatic rings. The van der Waals surface area contributed by atoms with E-state index in [0.717, 1.165) is 11.3 Å². The van der Waals surface area contributed by atoms with E-state index >= 15 is 0 Å². The lowest BCUT2D eigenvalue weighted by atomic mass is 10.2. The van der Waals surface area contributed by atoms with Crippen molar-refractivity contribution >= 4 is 37.4 Å². The van der Waals surface area contributed by atoms with Gasteiger partial charge in [-0.25, -0.2) is 17.9 Å². The van der Waals surface area contributed by atoms with E-state index < -0.39 is 21.5 Å². The number of aromatic carboxylic acids is 1. The molecule has 3 rings (SSSR count). The summed E-state index contributed by atoms with van der Waals surface area (Å²) in [6.07, 6.45) is 1.10. The molecule has 1 aromatic heterocycles. The Bertz CT molecular complexity index is 820. The lowest BCUT2D eigenvalue weighted by Gasteiger charge is -2.14. The van der Waals surface area contributed by atoms with Crippen LogP contribution in [-0.4, -0.2) is 36.7 Å². The second kappa shape index (κ2) is 4.77. The second-order valence-electron chi connectivity index (χ2n) is 5.11. The lowest BCUT2D eigenvalue weighted by molar-refractivity contribution is 0.0698. The number of benzene rings is 1. The van der Waals surface area contributed by atoms with Crippen LogP contribution in [0.3, 0.4) is 0 Å². The summed E-state index contributed by atoms with van der Waals surface area (Å²) in [5.41, 5.74) is -0.836. The Morgan fingerprint density at radius 3 is 2.57 bits per heavy atom. The van der Waals surface area contributed by atoms with Gasteiger partial charge >= 0.3 is 5.97 Å². The summed E-state index contributed by atoms with van der Waals surface area (Å²) < 4.78 is 28.2. The monoisotopic (exact) mass is 327 g/mol. The predicted molar refractivity (Wildman–Crippen MR) is 78.2 cm³/mol. The largest absolute Gasteiger partial charge is 0.477 e. The molecule has 0 spiro atoms. The maximum Gasteiger partial charge on any atom is 0.347 e. The SMILES string of the molecule is O=C(O)c1sc2ccccc2c1S(=O)(=O)NC1(CO)CC1. The van der Waals surface area contributed by atoms with Crippen LogP contribution in [0.5, 0.6) is 0 Å². The Morgan fingerprint density at radius 2 is 2.00 bits per heavy atom. The first-order valence-electron chi connectivity index (χ1n) is 6.28. The van der Waals surface area contributed by atoms with Crippen LogP contribution in [-0.2, 0) is 10.0 Å². The molecule has 0 saturated heterocycles. The van der Waals surface area contributed by atoms with Gasteiger partial charge in [0.15, 0.2) is 0 Å². The van der Waals surface area contributed by atoms with Crippen LogP contribution in [0.25, 0.3) is 10.1 Å². The minimum absolute atomic E-state index is 0.211. The molecular formula is C13H13NO5S2. The summed E-state index contributed by atoms with van der Waals surface area (Å²) in [6, 6.07) is 6.67. The standard InChI is InChI=1S/C13H13NO5S2/c15-7-13(5-6-13)14-21(18,19)11-8-3-1-2-4-9(8)20-10(11)12(16)17/h1-4,14-15H,5-7H2,(H,16,17). The summed E-state index contributed by atoms with van der Waals surface area (Å²) in [6.45, 7) is -0.295. The third kappa shape index (κ3) is 2.44. The molecule has 3 N–H and O–H groups in total. The number of hydrogen-bond acceptors (Lipinski definition) is 5. The van der Waals surface area contributed by atoms with Crippen molar-refractivity contribution in [3.05, 3.63) is 29.1 Å². The average molecular weight is 327 g/mol. The Morgan fingerprint density at radius 1 is 1.33 bits per heavy atom. The molecule has 1 aliphatic rings. The smallest absolute Gasteiger partial charge is 0.347 e. The van der Waals surface area contributed by atoms with Crippen molar-refractivity contribution in [3.8, 4) is 0 Å². The molecule has 1 aromatic carbocycles. The molecule has 6 nitrogen and oxygen atoms in total. The minimum atomic E-state index is -4.01. The van der Waals surface area contributed by atoms with Gasteiger partial charge in [-0.1, -0.05) is 18.2 Å². The average Bonchev–Trinajstić information content (AvgIpc) is 3.07. The molecule has 0 radical (unpaired) electrons. The van der Waals surface area contributed by atoms with Crippen molar-refractivity contribution in [3.63, 3.8) is 0 Å². The number of thiophene rings is 1. The van der Waals surface area contributed by atoms with Crippen LogP contribution < -0.4 is 4.72 Å². The third-order valence-corrected chi connectivity index (χ3v) is 6.47. The first kappa shape index (κ1) is 14.5. The number of hydrogen-bond donors (Lipinski definition) is 3. The molecule has 1 fully saturated rings. The quantitative estimate of drug-likeness (QED) is 0.770. The first-order valence-corrected chi connectivity index (χ1v) is 8.58. The van der Waals surface area contributed by atoms with Gasteiger partial charge < -0.3 is 10.2 Å². The number of carboxylic acid groups (broad SMARTS) is 1. The normalized spacial score (nSPS) is 17.0. The van der Waals surface area contributed by atoms with E-state index in [9.17, 15) is 23.4 Å². The number of aliphatic hydroxyl groups is 1. The van der Waals surface area contributed by atoms with E-state index in [2.05, 4.69) is 4.72 Å². The van der Waals surface area contributed by atoms with Crippen molar-refractivity contribution in [2.24, 2.45) is 0 Å². The highest BCUT2D eigenvalue weighted by Gasteiger charge is 2.46. The van der Waals surface area contributed by atoms with E-state index in [1.165, 1.54) is 0 Å². The number of carboxylic acids is 1. The zero-order valence-corrected chi connectivity index (χ0v) is 12.5. The highest BCUT2D eigenvalue weighted by Crippen LogP contribution is 2.39. The molecule has 0 atom stereocenters. The van der Waals surface area contributed by atoms with Crippen molar-refractivity contribution in [2.75, 3.05) is 6.61 Å². The van der Waals surface area contributed by atoms with Gasteiger partial charge in [0.25, 0.3) is 0 Å². The number of carbonyl (C=O) groups is 1. The van der Waals surface area contributed by atoms with Gasteiger partial charge in [0.2, 0.25) is 10.0 Å². The van der Waals surface area contributed by atoms with E-state index in [4.69, 9.17) is 0 Å². The summed E-state index contributed by atoms with van der Waals surface area (Å²) in [5.74, 6) is -1.27. The van der Waals surface area contributed by atoms with E-state index in [1.54, 1.807) is 24.3 Å². The molecule has 1 saturated carbocycles. The summed E-state index contributed by atoms with van der Waals surface area (Å²) in [5, 5.41) is 18.9. The van der Waals surface area contributed by atoms with Crippen molar-refractivity contribution < 1.29 is 23.4 Å².